The molecule has 174 valence electrons. The van der Waals surface area contributed by atoms with Gasteiger partial charge < -0.3 is 15.5 Å². The summed E-state index contributed by atoms with van der Waals surface area (Å²) in [5, 5.41) is 7.00. The highest BCUT2D eigenvalue weighted by atomic mass is 127. The molecule has 1 heterocycles. The van der Waals surface area contributed by atoms with Gasteiger partial charge in [-0.05, 0) is 42.2 Å². The molecule has 1 aliphatic heterocycles. The summed E-state index contributed by atoms with van der Waals surface area (Å²) in [7, 11) is 1.82. The van der Waals surface area contributed by atoms with E-state index in [1.54, 1.807) is 0 Å². The zero-order chi connectivity index (χ0) is 21.6. The van der Waals surface area contributed by atoms with Crippen LogP contribution < -0.4 is 10.6 Å². The SMILES string of the molecule is CN=C(NCc1ccc(C(C)(C)C)cc1)NC1CCC(C(=O)N2CCSCC2)CC1.I. The third-order valence-electron chi connectivity index (χ3n) is 6.24. The van der Waals surface area contributed by atoms with Crippen molar-refractivity contribution in [1.82, 2.24) is 15.5 Å². The number of carbonyl (C=O) groups excluding carboxylic acids is 1. The molecule has 1 aliphatic carbocycles. The molecule has 1 saturated carbocycles. The first-order chi connectivity index (χ1) is 14.4. The van der Waals surface area contributed by atoms with Gasteiger partial charge >= 0.3 is 0 Å². The van der Waals surface area contributed by atoms with Crippen molar-refractivity contribution in [1.29, 1.82) is 0 Å². The molecule has 31 heavy (non-hydrogen) atoms. The highest BCUT2D eigenvalue weighted by Gasteiger charge is 2.30. The molecule has 2 aliphatic rings. The smallest absolute Gasteiger partial charge is 0.225 e. The fourth-order valence-electron chi connectivity index (χ4n) is 4.22. The lowest BCUT2D eigenvalue weighted by Crippen LogP contribution is -2.47. The fraction of sp³-hybridized carbons (Fsp3) is 0.667. The third-order valence-corrected chi connectivity index (χ3v) is 7.19. The first-order valence-corrected chi connectivity index (χ1v) is 12.5. The molecule has 1 saturated heterocycles. The number of nitrogens with one attached hydrogen (secondary N) is 2. The summed E-state index contributed by atoms with van der Waals surface area (Å²) in [5.74, 6) is 3.61. The number of hydrogen-bond donors (Lipinski definition) is 2. The van der Waals surface area contributed by atoms with Gasteiger partial charge in [-0.2, -0.15) is 11.8 Å². The van der Waals surface area contributed by atoms with E-state index in [-0.39, 0.29) is 35.3 Å². The van der Waals surface area contributed by atoms with E-state index in [2.05, 4.69) is 65.6 Å². The van der Waals surface area contributed by atoms with Crippen molar-refractivity contribution >= 4 is 47.6 Å². The number of carbonyl (C=O) groups is 1. The molecule has 7 heteroatoms. The maximum Gasteiger partial charge on any atom is 0.225 e. The zero-order valence-corrected chi connectivity index (χ0v) is 22.6. The van der Waals surface area contributed by atoms with Gasteiger partial charge in [-0.15, -0.1) is 24.0 Å². The minimum absolute atomic E-state index is 0. The molecule has 0 bridgehead atoms. The van der Waals surface area contributed by atoms with Gasteiger partial charge in [-0.1, -0.05) is 45.0 Å². The number of nitrogens with zero attached hydrogens (tertiary/aromatic N) is 2. The van der Waals surface area contributed by atoms with Crippen LogP contribution in [0.3, 0.4) is 0 Å². The Morgan fingerprint density at radius 1 is 1.10 bits per heavy atom. The summed E-state index contributed by atoms with van der Waals surface area (Å²) < 4.78 is 0. The Morgan fingerprint density at radius 2 is 1.71 bits per heavy atom. The zero-order valence-electron chi connectivity index (χ0n) is 19.4. The van der Waals surface area contributed by atoms with Crippen LogP contribution in [0.1, 0.15) is 57.6 Å². The van der Waals surface area contributed by atoms with Gasteiger partial charge in [-0.25, -0.2) is 0 Å². The Hall–Kier alpha value is -0.960. The molecule has 1 aromatic rings. The largest absolute Gasteiger partial charge is 0.354 e. The predicted molar refractivity (Wildman–Crippen MR) is 144 cm³/mol. The van der Waals surface area contributed by atoms with Crippen molar-refractivity contribution in [3.63, 3.8) is 0 Å². The minimum atomic E-state index is 0. The molecule has 3 rings (SSSR count). The molecule has 0 spiro atoms. The highest BCUT2D eigenvalue weighted by molar-refractivity contribution is 14.0. The Kier molecular flexibility index (Phi) is 10.5. The molecule has 1 aromatic carbocycles. The molecule has 0 aromatic heterocycles. The summed E-state index contributed by atoms with van der Waals surface area (Å²) in [5.41, 5.74) is 2.78. The van der Waals surface area contributed by atoms with Crippen LogP contribution in [0, 0.1) is 5.92 Å². The number of thioether (sulfide) groups is 1. The van der Waals surface area contributed by atoms with E-state index >= 15 is 0 Å². The summed E-state index contributed by atoms with van der Waals surface area (Å²) in [6, 6.07) is 9.20. The highest BCUT2D eigenvalue weighted by Crippen LogP contribution is 2.27. The normalized spacial score (nSPS) is 22.5. The third kappa shape index (κ3) is 7.84. The second-order valence-corrected chi connectivity index (χ2v) is 10.7. The number of benzene rings is 1. The summed E-state index contributed by atoms with van der Waals surface area (Å²) in [4.78, 5) is 19.2. The summed E-state index contributed by atoms with van der Waals surface area (Å²) >= 11 is 1.95. The quantitative estimate of drug-likeness (QED) is 0.327. The average Bonchev–Trinajstić information content (AvgIpc) is 2.77. The van der Waals surface area contributed by atoms with Gasteiger partial charge in [0.15, 0.2) is 5.96 Å². The van der Waals surface area contributed by atoms with Gasteiger partial charge in [0, 0.05) is 50.1 Å². The van der Waals surface area contributed by atoms with Crippen LogP contribution in [-0.4, -0.2) is 54.5 Å². The molecule has 0 atom stereocenters. The van der Waals surface area contributed by atoms with Crippen LogP contribution in [0.15, 0.2) is 29.3 Å². The van der Waals surface area contributed by atoms with Crippen LogP contribution in [0.2, 0.25) is 0 Å². The molecule has 2 N–H and O–H groups in total. The molecule has 5 nitrogen and oxygen atoms in total. The summed E-state index contributed by atoms with van der Waals surface area (Å²) in [6.45, 7) is 9.31. The van der Waals surface area contributed by atoms with Crippen molar-refractivity contribution in [2.45, 2.75) is 64.5 Å². The van der Waals surface area contributed by atoms with Crippen LogP contribution in [0.25, 0.3) is 0 Å². The van der Waals surface area contributed by atoms with Crippen LogP contribution in [-0.2, 0) is 16.8 Å². The van der Waals surface area contributed by atoms with Crippen molar-refractivity contribution in [2.24, 2.45) is 10.9 Å². The van der Waals surface area contributed by atoms with Crippen molar-refractivity contribution in [3.05, 3.63) is 35.4 Å². The van der Waals surface area contributed by atoms with Gasteiger partial charge in [0.2, 0.25) is 5.91 Å². The number of rotatable bonds is 4. The van der Waals surface area contributed by atoms with Crippen molar-refractivity contribution in [2.75, 3.05) is 31.6 Å². The van der Waals surface area contributed by atoms with Crippen molar-refractivity contribution in [3.8, 4) is 0 Å². The lowest BCUT2D eigenvalue weighted by atomic mass is 9.85. The van der Waals surface area contributed by atoms with Gasteiger partial charge in [0.25, 0.3) is 0 Å². The maximum atomic E-state index is 12.7. The number of amides is 1. The number of hydrogen-bond acceptors (Lipinski definition) is 3. The minimum Gasteiger partial charge on any atom is -0.354 e. The molecular weight excluding hydrogens is 519 g/mol. The second-order valence-electron chi connectivity index (χ2n) is 9.50. The summed E-state index contributed by atoms with van der Waals surface area (Å²) in [6.07, 6.45) is 4.01. The van der Waals surface area contributed by atoms with Crippen molar-refractivity contribution < 1.29 is 4.79 Å². The van der Waals surface area contributed by atoms with E-state index in [1.165, 1.54) is 11.1 Å². The average molecular weight is 559 g/mol. The Morgan fingerprint density at radius 3 is 2.26 bits per heavy atom. The Labute approximate surface area is 209 Å². The first-order valence-electron chi connectivity index (χ1n) is 11.3. The van der Waals surface area contributed by atoms with E-state index < -0.39 is 0 Å². The second kappa shape index (κ2) is 12.3. The topological polar surface area (TPSA) is 56.7 Å². The van der Waals surface area contributed by atoms with Crippen LogP contribution >= 0.6 is 35.7 Å². The number of aliphatic imine (C=N–C) groups is 1. The molecule has 1 amide bonds. The van der Waals surface area contributed by atoms with Gasteiger partial charge in [0.1, 0.15) is 0 Å². The first kappa shape index (κ1) is 26.3. The van der Waals surface area contributed by atoms with Gasteiger partial charge in [-0.3, -0.25) is 9.79 Å². The molecule has 2 fully saturated rings. The van der Waals surface area contributed by atoms with E-state index in [0.717, 1.165) is 62.8 Å². The molecular formula is C24H39IN4OS. The Balaban J connectivity index is 0.00000341. The monoisotopic (exact) mass is 558 g/mol. The maximum absolute atomic E-state index is 12.7. The molecule has 0 unspecified atom stereocenters. The van der Waals surface area contributed by atoms with E-state index in [4.69, 9.17) is 0 Å². The van der Waals surface area contributed by atoms with E-state index in [1.807, 2.05) is 18.8 Å². The van der Waals surface area contributed by atoms with Gasteiger partial charge in [0.05, 0.1) is 0 Å². The number of guanidine groups is 1. The molecule has 0 radical (unpaired) electrons. The van der Waals surface area contributed by atoms with Crippen LogP contribution in [0.4, 0.5) is 0 Å². The lowest BCUT2D eigenvalue weighted by Gasteiger charge is -2.34. The number of halogens is 1. The van der Waals surface area contributed by atoms with E-state index in [9.17, 15) is 4.79 Å². The van der Waals surface area contributed by atoms with Crippen LogP contribution in [0.5, 0.6) is 0 Å². The van der Waals surface area contributed by atoms with E-state index in [0.29, 0.717) is 11.9 Å². The Bertz CT molecular complexity index is 718. The lowest BCUT2D eigenvalue weighted by molar-refractivity contribution is -0.136. The standard InChI is InChI=1S/C24H38N4OS.HI/c1-24(2,3)20-9-5-18(6-10-20)17-26-23(25-4)27-21-11-7-19(8-12-21)22(29)28-13-15-30-16-14-28;/h5-6,9-10,19,21H,7-8,11-17H2,1-4H3,(H2,25,26,27);1H. The predicted octanol–water partition coefficient (Wildman–Crippen LogP) is 4.40. The fourth-order valence-corrected chi connectivity index (χ4v) is 5.13.